The molecule has 3 aromatic carbocycles. The van der Waals surface area contributed by atoms with Crippen molar-refractivity contribution in [1.29, 1.82) is 0 Å². The lowest BCUT2D eigenvalue weighted by Gasteiger charge is -2.17. The predicted molar refractivity (Wildman–Crippen MR) is 119 cm³/mol. The van der Waals surface area contributed by atoms with E-state index in [9.17, 15) is 22.8 Å². The van der Waals surface area contributed by atoms with Crippen LogP contribution in [0.15, 0.2) is 76.5 Å². The van der Waals surface area contributed by atoms with Crippen LogP contribution in [-0.4, -0.2) is 18.5 Å². The van der Waals surface area contributed by atoms with E-state index < -0.39 is 11.7 Å². The molecule has 1 aliphatic heterocycles. The van der Waals surface area contributed by atoms with Crippen molar-refractivity contribution in [1.82, 2.24) is 0 Å². The first-order valence-electron chi connectivity index (χ1n) is 10.3. The topological polar surface area (TPSA) is 46.6 Å². The van der Waals surface area contributed by atoms with E-state index in [1.165, 1.54) is 28.8 Å². The Kier molecular flexibility index (Phi) is 6.47. The summed E-state index contributed by atoms with van der Waals surface area (Å²) >= 11 is 1.49. The van der Waals surface area contributed by atoms with Crippen molar-refractivity contribution in [3.05, 3.63) is 89.0 Å². The van der Waals surface area contributed by atoms with Crippen LogP contribution in [0.4, 0.5) is 18.9 Å². The maximum Gasteiger partial charge on any atom is 0.416 e. The van der Waals surface area contributed by atoms with Crippen LogP contribution in [0.5, 0.6) is 0 Å². The van der Waals surface area contributed by atoms with Gasteiger partial charge in [-0.25, -0.2) is 0 Å². The van der Waals surface area contributed by atoms with Gasteiger partial charge in [-0.2, -0.15) is 13.2 Å². The van der Waals surface area contributed by atoms with E-state index in [0.29, 0.717) is 17.9 Å². The minimum absolute atomic E-state index is 0.204. The van der Waals surface area contributed by atoms with E-state index in [2.05, 4.69) is 0 Å². The van der Waals surface area contributed by atoms with E-state index in [1.807, 2.05) is 30.3 Å². The predicted octanol–water partition coefficient (Wildman–Crippen LogP) is 6.12. The highest BCUT2D eigenvalue weighted by molar-refractivity contribution is 7.99. The Morgan fingerprint density at radius 1 is 1.03 bits per heavy atom. The molecule has 1 amide bonds. The fourth-order valence-corrected chi connectivity index (χ4v) is 4.59. The Labute approximate surface area is 193 Å². The Balaban J connectivity index is 1.51. The van der Waals surface area contributed by atoms with Crippen molar-refractivity contribution in [2.45, 2.75) is 35.9 Å². The molecule has 0 atom stereocenters. The van der Waals surface area contributed by atoms with Crippen molar-refractivity contribution in [2.75, 3.05) is 11.5 Å². The van der Waals surface area contributed by atoms with Gasteiger partial charge >= 0.3 is 12.1 Å². The van der Waals surface area contributed by atoms with Gasteiger partial charge in [0.2, 0.25) is 0 Å². The molecule has 8 heteroatoms. The van der Waals surface area contributed by atoms with Crippen molar-refractivity contribution in [3.63, 3.8) is 0 Å². The lowest BCUT2D eigenvalue weighted by molar-refractivity contribution is -0.142. The number of amides is 1. The molecule has 0 saturated heterocycles. The summed E-state index contributed by atoms with van der Waals surface area (Å²) in [6.07, 6.45) is -4.22. The minimum Gasteiger partial charge on any atom is -0.466 e. The van der Waals surface area contributed by atoms with Gasteiger partial charge in [0, 0.05) is 21.0 Å². The number of carbonyl (C=O) groups is 2. The van der Waals surface area contributed by atoms with Gasteiger partial charge in [-0.05, 0) is 66.6 Å². The van der Waals surface area contributed by atoms with Gasteiger partial charge < -0.3 is 9.64 Å². The summed E-state index contributed by atoms with van der Waals surface area (Å²) in [6, 6.07) is 17.6. The number of benzene rings is 3. The molecule has 0 saturated carbocycles. The van der Waals surface area contributed by atoms with Crippen LogP contribution in [0.2, 0.25) is 0 Å². The standard InChI is InChI=1S/C25H20F3NO3S/c1-2-32-23(30)14-16-6-12-19(13-7-16)33-22-5-3-4-20-21(22)15-29(24(20)31)18-10-8-17(9-11-18)25(26,27)28/h3-13H,2,14-15H2,1H3. The van der Waals surface area contributed by atoms with E-state index in [-0.39, 0.29) is 24.8 Å². The number of hydrogen-bond donors (Lipinski definition) is 0. The molecule has 0 bridgehead atoms. The number of fused-ring (bicyclic) bond motifs is 1. The van der Waals surface area contributed by atoms with Crippen molar-refractivity contribution in [2.24, 2.45) is 0 Å². The maximum absolute atomic E-state index is 12.9. The Morgan fingerprint density at radius 3 is 2.36 bits per heavy atom. The van der Waals surface area contributed by atoms with Crippen LogP contribution in [0, 0.1) is 0 Å². The van der Waals surface area contributed by atoms with E-state index >= 15 is 0 Å². The molecule has 0 fully saturated rings. The summed E-state index contributed by atoms with van der Waals surface area (Å²) in [7, 11) is 0. The van der Waals surface area contributed by atoms with Crippen molar-refractivity contribution < 1.29 is 27.5 Å². The smallest absolute Gasteiger partial charge is 0.416 e. The maximum atomic E-state index is 12.9. The molecule has 0 aliphatic carbocycles. The second-order valence-electron chi connectivity index (χ2n) is 7.45. The number of rotatable bonds is 6. The quantitative estimate of drug-likeness (QED) is 0.406. The molecule has 3 aromatic rings. The second-order valence-corrected chi connectivity index (χ2v) is 8.56. The lowest BCUT2D eigenvalue weighted by atomic mass is 10.1. The van der Waals surface area contributed by atoms with Gasteiger partial charge in [0.25, 0.3) is 5.91 Å². The zero-order valence-corrected chi connectivity index (χ0v) is 18.5. The SMILES string of the molecule is CCOC(=O)Cc1ccc(Sc2cccc3c2CN(c2ccc(C(F)(F)F)cc2)C3=O)cc1. The number of halogens is 3. The lowest BCUT2D eigenvalue weighted by Crippen LogP contribution is -2.23. The number of hydrogen-bond acceptors (Lipinski definition) is 4. The highest BCUT2D eigenvalue weighted by atomic mass is 32.2. The number of carbonyl (C=O) groups excluding carboxylic acids is 2. The molecule has 0 radical (unpaired) electrons. The molecule has 0 spiro atoms. The normalized spacial score (nSPS) is 13.2. The fourth-order valence-electron chi connectivity index (χ4n) is 3.62. The van der Waals surface area contributed by atoms with Crippen LogP contribution in [-0.2, 0) is 28.7 Å². The van der Waals surface area contributed by atoms with Crippen LogP contribution in [0.25, 0.3) is 0 Å². The van der Waals surface area contributed by atoms with Gasteiger partial charge in [-0.1, -0.05) is 30.0 Å². The minimum atomic E-state index is -4.42. The average molecular weight is 472 g/mol. The summed E-state index contributed by atoms with van der Waals surface area (Å²) in [5.74, 6) is -0.516. The third-order valence-electron chi connectivity index (χ3n) is 5.24. The molecule has 4 nitrogen and oxygen atoms in total. The fraction of sp³-hybridized carbons (Fsp3) is 0.200. The van der Waals surface area contributed by atoms with Crippen molar-refractivity contribution in [3.8, 4) is 0 Å². The Bertz CT molecular complexity index is 1170. The summed E-state index contributed by atoms with van der Waals surface area (Å²) < 4.78 is 43.6. The Hall–Kier alpha value is -3.26. The van der Waals surface area contributed by atoms with Crippen LogP contribution >= 0.6 is 11.8 Å². The second kappa shape index (κ2) is 9.31. The first kappa shape index (κ1) is 22.9. The van der Waals surface area contributed by atoms with Crippen molar-refractivity contribution >= 4 is 29.3 Å². The molecule has 170 valence electrons. The first-order valence-corrected chi connectivity index (χ1v) is 11.1. The van der Waals surface area contributed by atoms with Gasteiger partial charge in [-0.3, -0.25) is 9.59 Å². The number of ether oxygens (including phenoxy) is 1. The van der Waals surface area contributed by atoms with E-state index in [4.69, 9.17) is 4.74 Å². The molecule has 4 rings (SSSR count). The van der Waals surface area contributed by atoms with E-state index in [1.54, 1.807) is 19.1 Å². The van der Waals surface area contributed by atoms with E-state index in [0.717, 1.165) is 33.1 Å². The summed E-state index contributed by atoms with van der Waals surface area (Å²) in [6.45, 7) is 2.39. The third-order valence-corrected chi connectivity index (χ3v) is 6.35. The summed E-state index contributed by atoms with van der Waals surface area (Å²) in [5, 5.41) is 0. The Morgan fingerprint density at radius 2 is 1.73 bits per heavy atom. The highest BCUT2D eigenvalue weighted by Gasteiger charge is 2.33. The first-order chi connectivity index (χ1) is 15.8. The monoisotopic (exact) mass is 471 g/mol. The van der Waals surface area contributed by atoms with Gasteiger partial charge in [-0.15, -0.1) is 0 Å². The number of alkyl halides is 3. The van der Waals surface area contributed by atoms with Crippen LogP contribution in [0.3, 0.4) is 0 Å². The molecular formula is C25H20F3NO3S. The number of anilines is 1. The van der Waals surface area contributed by atoms with Gasteiger partial charge in [0.05, 0.1) is 25.1 Å². The third kappa shape index (κ3) is 5.06. The molecule has 0 aromatic heterocycles. The van der Waals surface area contributed by atoms with Gasteiger partial charge in [0.1, 0.15) is 0 Å². The number of esters is 1. The number of nitrogens with zero attached hydrogens (tertiary/aromatic N) is 1. The molecule has 0 unspecified atom stereocenters. The molecular weight excluding hydrogens is 451 g/mol. The summed E-state index contributed by atoms with van der Waals surface area (Å²) in [4.78, 5) is 27.9. The molecule has 33 heavy (non-hydrogen) atoms. The molecule has 1 heterocycles. The van der Waals surface area contributed by atoms with Crippen LogP contribution < -0.4 is 4.90 Å². The molecule has 1 aliphatic rings. The van der Waals surface area contributed by atoms with Gasteiger partial charge in [0.15, 0.2) is 0 Å². The summed E-state index contributed by atoms with van der Waals surface area (Å²) in [5.41, 5.74) is 1.89. The largest absolute Gasteiger partial charge is 0.466 e. The zero-order valence-electron chi connectivity index (χ0n) is 17.7. The average Bonchev–Trinajstić information content (AvgIpc) is 3.12. The van der Waals surface area contributed by atoms with Crippen LogP contribution in [0.1, 0.15) is 34.0 Å². The highest BCUT2D eigenvalue weighted by Crippen LogP contribution is 2.38. The zero-order chi connectivity index (χ0) is 23.6. The molecule has 0 N–H and O–H groups in total.